The van der Waals surface area contributed by atoms with Gasteiger partial charge in [0.05, 0.1) is 27.6 Å². The van der Waals surface area contributed by atoms with Crippen LogP contribution in [0, 0.1) is 0 Å². The van der Waals surface area contributed by atoms with Crippen LogP contribution < -0.4 is 0 Å². The van der Waals surface area contributed by atoms with E-state index in [2.05, 4.69) is 136 Å². The highest BCUT2D eigenvalue weighted by Crippen LogP contribution is 2.45. The molecule has 0 aliphatic rings. The maximum absolute atomic E-state index is 5.23. The van der Waals surface area contributed by atoms with Gasteiger partial charge < -0.3 is 4.57 Å². The number of hydrogen-bond donors (Lipinski definition) is 0. The first-order valence-electron chi connectivity index (χ1n) is 13.9. The summed E-state index contributed by atoms with van der Waals surface area (Å²) < 4.78 is 7.42. The summed E-state index contributed by atoms with van der Waals surface area (Å²) in [5.41, 5.74) is 7.95. The second-order valence-electron chi connectivity index (χ2n) is 10.8. The highest BCUT2D eigenvalue weighted by atomic mass is 32.1. The third-order valence-corrected chi connectivity index (χ3v) is 9.80. The van der Waals surface area contributed by atoms with Gasteiger partial charge in [-0.3, -0.25) is 4.40 Å². The van der Waals surface area contributed by atoms with E-state index >= 15 is 0 Å². The number of para-hydroxylation sites is 4. The predicted molar refractivity (Wildman–Crippen MR) is 175 cm³/mol. The van der Waals surface area contributed by atoms with Crippen molar-refractivity contribution in [3.63, 3.8) is 0 Å². The van der Waals surface area contributed by atoms with Gasteiger partial charge in [-0.1, -0.05) is 66.7 Å². The molecule has 0 aliphatic heterocycles. The minimum Gasteiger partial charge on any atom is -0.309 e. The Kier molecular flexibility index (Phi) is 4.07. The molecule has 0 unspecified atom stereocenters. The Morgan fingerprint density at radius 2 is 1.22 bits per heavy atom. The van der Waals surface area contributed by atoms with Crippen molar-refractivity contribution in [2.24, 2.45) is 0 Å². The number of pyridine rings is 1. The first kappa shape index (κ1) is 21.6. The van der Waals surface area contributed by atoms with Gasteiger partial charge in [0.15, 0.2) is 0 Å². The number of nitrogens with zero attached hydrogens (tertiary/aromatic N) is 3. The SMILES string of the molecule is c1ccc(-n2c3ccccc3c3cc4c(cc32)c2c3c(ccc2n2c5ccccc5nc42)sc2ccccc23)cc1. The van der Waals surface area contributed by atoms with Crippen molar-refractivity contribution in [1.29, 1.82) is 0 Å². The number of benzene rings is 6. The Balaban J connectivity index is 1.54. The number of hydrogen-bond acceptors (Lipinski definition) is 2. The minimum absolute atomic E-state index is 1.01. The predicted octanol–water partition coefficient (Wildman–Crippen LogP) is 10.3. The Bertz CT molecular complexity index is 2690. The summed E-state index contributed by atoms with van der Waals surface area (Å²) in [4.78, 5) is 5.23. The van der Waals surface area contributed by atoms with Crippen molar-refractivity contribution >= 4 is 91.7 Å². The summed E-state index contributed by atoms with van der Waals surface area (Å²) in [7, 11) is 0. The van der Waals surface area contributed by atoms with Crippen LogP contribution in [0.4, 0.5) is 0 Å². The lowest BCUT2D eigenvalue weighted by Crippen LogP contribution is -1.95. The molecule has 4 heteroatoms. The Hall–Kier alpha value is -5.19. The van der Waals surface area contributed by atoms with Gasteiger partial charge in [-0.25, -0.2) is 4.98 Å². The van der Waals surface area contributed by atoms with Gasteiger partial charge in [-0.15, -0.1) is 11.3 Å². The number of rotatable bonds is 1. The average molecular weight is 540 g/mol. The minimum atomic E-state index is 1.01. The van der Waals surface area contributed by atoms with Gasteiger partial charge in [0.1, 0.15) is 5.65 Å². The molecule has 190 valence electrons. The van der Waals surface area contributed by atoms with Crippen molar-refractivity contribution in [3.05, 3.63) is 127 Å². The molecule has 0 radical (unpaired) electrons. The molecule has 4 aromatic heterocycles. The maximum Gasteiger partial charge on any atom is 0.146 e. The summed E-state index contributed by atoms with van der Waals surface area (Å²) in [5, 5.41) is 8.84. The van der Waals surface area contributed by atoms with E-state index in [1.54, 1.807) is 0 Å². The lowest BCUT2D eigenvalue weighted by molar-refractivity contribution is 1.18. The third-order valence-electron chi connectivity index (χ3n) is 8.66. The molecule has 0 N–H and O–H groups in total. The number of thiophene rings is 1. The molecule has 6 aromatic carbocycles. The van der Waals surface area contributed by atoms with E-state index in [9.17, 15) is 0 Å². The molecule has 10 aromatic rings. The first-order chi connectivity index (χ1) is 20.3. The molecule has 0 amide bonds. The molecule has 0 aliphatic carbocycles. The van der Waals surface area contributed by atoms with Crippen LogP contribution in [0.15, 0.2) is 127 Å². The van der Waals surface area contributed by atoms with Gasteiger partial charge >= 0.3 is 0 Å². The van der Waals surface area contributed by atoms with Crippen molar-refractivity contribution < 1.29 is 0 Å². The van der Waals surface area contributed by atoms with Gasteiger partial charge in [-0.2, -0.15) is 0 Å². The van der Waals surface area contributed by atoms with E-state index in [-0.39, 0.29) is 0 Å². The zero-order valence-corrected chi connectivity index (χ0v) is 22.7. The number of aromatic nitrogens is 3. The molecule has 0 atom stereocenters. The number of fused-ring (bicyclic) bond motifs is 15. The van der Waals surface area contributed by atoms with Crippen LogP contribution in [0.3, 0.4) is 0 Å². The van der Waals surface area contributed by atoms with Crippen molar-refractivity contribution in [2.45, 2.75) is 0 Å². The zero-order chi connectivity index (χ0) is 26.7. The highest BCUT2D eigenvalue weighted by molar-refractivity contribution is 7.26. The van der Waals surface area contributed by atoms with Gasteiger partial charge in [-0.05, 0) is 66.0 Å². The normalized spacial score (nSPS) is 12.4. The summed E-state index contributed by atoms with van der Waals surface area (Å²) in [6.07, 6.45) is 0. The number of imidazole rings is 1. The van der Waals surface area contributed by atoms with Gasteiger partial charge in [0, 0.05) is 47.4 Å². The fraction of sp³-hybridized carbons (Fsp3) is 0. The molecule has 3 nitrogen and oxygen atoms in total. The van der Waals surface area contributed by atoms with Crippen LogP contribution in [-0.4, -0.2) is 14.0 Å². The van der Waals surface area contributed by atoms with Crippen LogP contribution in [0.2, 0.25) is 0 Å². The lowest BCUT2D eigenvalue weighted by Gasteiger charge is -2.13. The second-order valence-corrected chi connectivity index (χ2v) is 11.9. The molecule has 10 rings (SSSR count). The van der Waals surface area contributed by atoms with Gasteiger partial charge in [0.2, 0.25) is 0 Å². The Morgan fingerprint density at radius 1 is 0.463 bits per heavy atom. The van der Waals surface area contributed by atoms with Crippen LogP contribution in [0.1, 0.15) is 0 Å². The fourth-order valence-corrected chi connectivity index (χ4v) is 8.09. The third kappa shape index (κ3) is 2.75. The van der Waals surface area contributed by atoms with Crippen molar-refractivity contribution in [3.8, 4) is 5.69 Å². The average Bonchev–Trinajstić information content (AvgIpc) is 3.70. The van der Waals surface area contributed by atoms with Gasteiger partial charge in [0.25, 0.3) is 0 Å². The summed E-state index contributed by atoms with van der Waals surface area (Å²) in [6, 6.07) is 46.2. The first-order valence-corrected chi connectivity index (χ1v) is 14.7. The molecular weight excluding hydrogens is 518 g/mol. The zero-order valence-electron chi connectivity index (χ0n) is 21.9. The van der Waals surface area contributed by atoms with Crippen molar-refractivity contribution in [2.75, 3.05) is 0 Å². The molecule has 41 heavy (non-hydrogen) atoms. The monoisotopic (exact) mass is 539 g/mol. The quantitative estimate of drug-likeness (QED) is 0.190. The van der Waals surface area contributed by atoms with E-state index in [0.717, 1.165) is 16.7 Å². The highest BCUT2D eigenvalue weighted by Gasteiger charge is 2.21. The molecule has 0 saturated carbocycles. The van der Waals surface area contributed by atoms with Crippen LogP contribution >= 0.6 is 11.3 Å². The van der Waals surface area contributed by atoms with E-state index < -0.39 is 0 Å². The van der Waals surface area contributed by atoms with Crippen LogP contribution in [-0.2, 0) is 0 Å². The smallest absolute Gasteiger partial charge is 0.146 e. The summed E-state index contributed by atoms with van der Waals surface area (Å²) >= 11 is 1.87. The molecule has 4 heterocycles. The molecule has 0 fully saturated rings. The van der Waals surface area contributed by atoms with E-state index in [0.29, 0.717) is 0 Å². The summed E-state index contributed by atoms with van der Waals surface area (Å²) in [5.74, 6) is 0. The molecule has 0 spiro atoms. The largest absolute Gasteiger partial charge is 0.309 e. The molecule has 0 saturated heterocycles. The maximum atomic E-state index is 5.23. The van der Waals surface area contributed by atoms with E-state index in [1.807, 2.05) is 11.3 Å². The van der Waals surface area contributed by atoms with E-state index in [1.165, 1.54) is 69.3 Å². The van der Waals surface area contributed by atoms with Crippen LogP contribution in [0.5, 0.6) is 0 Å². The Morgan fingerprint density at radius 3 is 2.12 bits per heavy atom. The standard InChI is InChI=1S/C37H21N3S/c1-2-10-22(11-3-1)39-29-15-7-4-12-23(29)25-20-27-26(21-32(25)39)35-31(40-30-16-8-6-14-28(30)38-37(27)40)18-19-34-36(35)24-13-5-9-17-33(24)41-34/h1-21H. The fourth-order valence-electron chi connectivity index (χ4n) is 6.98. The van der Waals surface area contributed by atoms with Crippen molar-refractivity contribution in [1.82, 2.24) is 14.0 Å². The second kappa shape index (κ2) is 7.72. The van der Waals surface area contributed by atoms with E-state index in [4.69, 9.17) is 4.98 Å². The summed E-state index contributed by atoms with van der Waals surface area (Å²) in [6.45, 7) is 0. The molecular formula is C37H21N3S. The Labute approximate surface area is 238 Å². The lowest BCUT2D eigenvalue weighted by atomic mass is 9.99. The van der Waals surface area contributed by atoms with Crippen LogP contribution in [0.25, 0.3) is 86.0 Å². The molecule has 0 bridgehead atoms. The topological polar surface area (TPSA) is 22.2 Å².